The second-order valence-corrected chi connectivity index (χ2v) is 5.05. The molecule has 0 bridgehead atoms. The van der Waals surface area contributed by atoms with Gasteiger partial charge in [0, 0.05) is 39.0 Å². The van der Waals surface area contributed by atoms with Gasteiger partial charge in [0.25, 0.3) is 0 Å². The lowest BCUT2D eigenvalue weighted by molar-refractivity contribution is 0.709. The van der Waals surface area contributed by atoms with E-state index in [4.69, 9.17) is 5.73 Å². The van der Waals surface area contributed by atoms with Gasteiger partial charge in [-0.1, -0.05) is 19.4 Å². The molecular formula is C15H23N5. The lowest BCUT2D eigenvalue weighted by Crippen LogP contribution is -2.24. The molecule has 5 heteroatoms. The van der Waals surface area contributed by atoms with E-state index in [-0.39, 0.29) is 0 Å². The van der Waals surface area contributed by atoms with E-state index in [1.54, 1.807) is 0 Å². The van der Waals surface area contributed by atoms with Crippen LogP contribution >= 0.6 is 0 Å². The summed E-state index contributed by atoms with van der Waals surface area (Å²) in [5.74, 6) is 0.990. The molecule has 0 saturated heterocycles. The van der Waals surface area contributed by atoms with Gasteiger partial charge in [0.2, 0.25) is 0 Å². The topological polar surface area (TPSA) is 60.0 Å². The quantitative estimate of drug-likeness (QED) is 0.875. The number of pyridine rings is 1. The minimum absolute atomic E-state index is 0.804. The van der Waals surface area contributed by atoms with Gasteiger partial charge in [-0.2, -0.15) is 5.10 Å². The Kier molecular flexibility index (Phi) is 4.61. The zero-order valence-electron chi connectivity index (χ0n) is 12.5. The number of aromatic nitrogens is 3. The highest BCUT2D eigenvalue weighted by Crippen LogP contribution is 2.26. The number of rotatable bonds is 6. The van der Waals surface area contributed by atoms with Gasteiger partial charge in [-0.05, 0) is 18.6 Å². The molecular weight excluding hydrogens is 250 g/mol. The molecule has 2 rings (SSSR count). The Labute approximate surface area is 120 Å². The average Bonchev–Trinajstić information content (AvgIpc) is 2.73. The third-order valence-electron chi connectivity index (χ3n) is 3.41. The van der Waals surface area contributed by atoms with Crippen molar-refractivity contribution in [2.75, 3.05) is 24.2 Å². The first-order valence-corrected chi connectivity index (χ1v) is 7.05. The van der Waals surface area contributed by atoms with Gasteiger partial charge < -0.3 is 10.6 Å². The summed E-state index contributed by atoms with van der Waals surface area (Å²) in [6.45, 7) is 3.00. The van der Waals surface area contributed by atoms with Crippen molar-refractivity contribution < 1.29 is 0 Å². The Bertz CT molecular complexity index is 547. The SMILES string of the molecule is CCCc1nn(C)c(N(C)CCc2ccccn2)c1N. The van der Waals surface area contributed by atoms with Gasteiger partial charge in [-0.3, -0.25) is 9.67 Å². The van der Waals surface area contributed by atoms with Crippen molar-refractivity contribution >= 4 is 11.5 Å². The number of hydrogen-bond acceptors (Lipinski definition) is 4. The molecule has 108 valence electrons. The van der Waals surface area contributed by atoms with Crippen LogP contribution < -0.4 is 10.6 Å². The molecule has 0 amide bonds. The number of nitrogen functional groups attached to an aromatic ring is 1. The summed E-state index contributed by atoms with van der Waals surface area (Å²) in [6.07, 6.45) is 4.70. The second kappa shape index (κ2) is 6.41. The van der Waals surface area contributed by atoms with Gasteiger partial charge >= 0.3 is 0 Å². The molecule has 0 aliphatic carbocycles. The largest absolute Gasteiger partial charge is 0.394 e. The zero-order valence-corrected chi connectivity index (χ0v) is 12.5. The van der Waals surface area contributed by atoms with Crippen LogP contribution in [0.1, 0.15) is 24.7 Å². The maximum Gasteiger partial charge on any atom is 0.150 e. The third-order valence-corrected chi connectivity index (χ3v) is 3.41. The normalized spacial score (nSPS) is 10.8. The van der Waals surface area contributed by atoms with E-state index in [9.17, 15) is 0 Å². The van der Waals surface area contributed by atoms with Crippen LogP contribution in [-0.2, 0) is 19.9 Å². The summed E-state index contributed by atoms with van der Waals surface area (Å²) in [5.41, 5.74) is 9.11. The highest BCUT2D eigenvalue weighted by Gasteiger charge is 2.16. The highest BCUT2D eigenvalue weighted by molar-refractivity contribution is 5.66. The van der Waals surface area contributed by atoms with Crippen molar-refractivity contribution in [2.24, 2.45) is 7.05 Å². The standard InChI is InChI=1S/C15H23N5/c1-4-7-13-14(16)15(20(3)18-13)19(2)11-9-12-8-5-6-10-17-12/h5-6,8,10H,4,7,9,11,16H2,1-3H3. The number of anilines is 2. The van der Waals surface area contributed by atoms with Crippen LogP contribution in [0.15, 0.2) is 24.4 Å². The van der Waals surface area contributed by atoms with Crippen molar-refractivity contribution in [3.63, 3.8) is 0 Å². The molecule has 0 aliphatic heterocycles. The number of nitrogens with two attached hydrogens (primary N) is 1. The van der Waals surface area contributed by atoms with E-state index >= 15 is 0 Å². The number of nitrogens with zero attached hydrogens (tertiary/aromatic N) is 4. The second-order valence-electron chi connectivity index (χ2n) is 5.05. The Balaban J connectivity index is 2.07. The van der Waals surface area contributed by atoms with Crippen molar-refractivity contribution in [1.29, 1.82) is 0 Å². The fraction of sp³-hybridized carbons (Fsp3) is 0.467. The Morgan fingerprint density at radius 2 is 2.10 bits per heavy atom. The molecule has 0 aliphatic rings. The van der Waals surface area contributed by atoms with Gasteiger partial charge in [0.15, 0.2) is 0 Å². The van der Waals surface area contributed by atoms with Crippen LogP contribution in [0.2, 0.25) is 0 Å². The van der Waals surface area contributed by atoms with Crippen LogP contribution in [-0.4, -0.2) is 28.4 Å². The molecule has 0 unspecified atom stereocenters. The van der Waals surface area contributed by atoms with E-state index in [0.29, 0.717) is 0 Å². The van der Waals surface area contributed by atoms with Gasteiger partial charge in [0.05, 0.1) is 11.4 Å². The van der Waals surface area contributed by atoms with Crippen LogP contribution in [0.5, 0.6) is 0 Å². The highest BCUT2D eigenvalue weighted by atomic mass is 15.4. The van der Waals surface area contributed by atoms with E-state index in [0.717, 1.165) is 48.7 Å². The molecule has 5 nitrogen and oxygen atoms in total. The fourth-order valence-electron chi connectivity index (χ4n) is 2.39. The first-order valence-electron chi connectivity index (χ1n) is 7.05. The van der Waals surface area contributed by atoms with Gasteiger partial charge in [-0.15, -0.1) is 0 Å². The van der Waals surface area contributed by atoms with E-state index in [2.05, 4.69) is 21.9 Å². The lowest BCUT2D eigenvalue weighted by atomic mass is 10.2. The fourth-order valence-corrected chi connectivity index (χ4v) is 2.39. The molecule has 0 fully saturated rings. The molecule has 2 aromatic rings. The summed E-state index contributed by atoms with van der Waals surface area (Å²) < 4.78 is 1.87. The molecule has 20 heavy (non-hydrogen) atoms. The lowest BCUT2D eigenvalue weighted by Gasteiger charge is -2.19. The van der Waals surface area contributed by atoms with Crippen LogP contribution in [0, 0.1) is 0 Å². The molecule has 2 heterocycles. The monoisotopic (exact) mass is 273 g/mol. The predicted molar refractivity (Wildman–Crippen MR) is 82.8 cm³/mol. The minimum Gasteiger partial charge on any atom is -0.394 e. The Hall–Kier alpha value is -2.04. The van der Waals surface area contributed by atoms with Gasteiger partial charge in [0.1, 0.15) is 5.82 Å². The van der Waals surface area contributed by atoms with Crippen LogP contribution in [0.3, 0.4) is 0 Å². The van der Waals surface area contributed by atoms with Crippen LogP contribution in [0.4, 0.5) is 11.5 Å². The molecule has 2 N–H and O–H groups in total. The molecule has 0 saturated carbocycles. The smallest absolute Gasteiger partial charge is 0.150 e. The van der Waals surface area contributed by atoms with Crippen molar-refractivity contribution in [3.05, 3.63) is 35.8 Å². The Morgan fingerprint density at radius 1 is 1.30 bits per heavy atom. The summed E-state index contributed by atoms with van der Waals surface area (Å²) in [6, 6.07) is 5.99. The maximum absolute atomic E-state index is 6.22. The zero-order chi connectivity index (χ0) is 14.5. The third kappa shape index (κ3) is 3.10. The first-order chi connectivity index (χ1) is 9.63. The molecule has 2 aromatic heterocycles. The van der Waals surface area contributed by atoms with Gasteiger partial charge in [-0.25, -0.2) is 0 Å². The number of hydrogen-bond donors (Lipinski definition) is 1. The summed E-state index contributed by atoms with van der Waals surface area (Å²) in [7, 11) is 3.99. The van der Waals surface area contributed by atoms with E-state index in [1.807, 2.05) is 43.2 Å². The molecule has 0 radical (unpaired) electrons. The Morgan fingerprint density at radius 3 is 2.75 bits per heavy atom. The summed E-state index contributed by atoms with van der Waals surface area (Å²) in [5, 5.41) is 4.51. The minimum atomic E-state index is 0.804. The number of aryl methyl sites for hydroxylation is 2. The van der Waals surface area contributed by atoms with Crippen LogP contribution in [0.25, 0.3) is 0 Å². The molecule has 0 aromatic carbocycles. The molecule has 0 atom stereocenters. The average molecular weight is 273 g/mol. The predicted octanol–water partition coefficient (Wildman–Crippen LogP) is 2.03. The van der Waals surface area contributed by atoms with Crippen molar-refractivity contribution in [1.82, 2.24) is 14.8 Å². The summed E-state index contributed by atoms with van der Waals surface area (Å²) in [4.78, 5) is 6.49. The number of likely N-dealkylation sites (N-methyl/N-ethyl adjacent to an activating group) is 1. The van der Waals surface area contributed by atoms with Crippen molar-refractivity contribution in [2.45, 2.75) is 26.2 Å². The van der Waals surface area contributed by atoms with Crippen molar-refractivity contribution in [3.8, 4) is 0 Å². The molecule has 0 spiro atoms. The van der Waals surface area contributed by atoms with E-state index < -0.39 is 0 Å². The van der Waals surface area contributed by atoms with E-state index in [1.165, 1.54) is 0 Å². The first kappa shape index (κ1) is 14.4. The maximum atomic E-state index is 6.22. The summed E-state index contributed by atoms with van der Waals surface area (Å²) >= 11 is 0.